The lowest BCUT2D eigenvalue weighted by atomic mass is 9.81. The Morgan fingerprint density at radius 3 is 2.59 bits per heavy atom. The summed E-state index contributed by atoms with van der Waals surface area (Å²) in [6, 6.07) is 8.15. The number of aryl methyl sites for hydroxylation is 1. The van der Waals surface area contributed by atoms with E-state index < -0.39 is 5.82 Å². The topological polar surface area (TPSA) is 37.3 Å². The van der Waals surface area contributed by atoms with Gasteiger partial charge in [-0.3, -0.25) is 4.79 Å². The summed E-state index contributed by atoms with van der Waals surface area (Å²) in [6.07, 6.45) is 3.08. The number of Topliss-reactive ketones (excluding diaryl/α,β-unsaturated/α-hetero) is 1. The van der Waals surface area contributed by atoms with E-state index in [0.717, 1.165) is 24.8 Å². The van der Waals surface area contributed by atoms with Gasteiger partial charge in [-0.2, -0.15) is 0 Å². The number of halogens is 3. The van der Waals surface area contributed by atoms with Crippen molar-refractivity contribution < 1.29 is 14.3 Å². The predicted octanol–water partition coefficient (Wildman–Crippen LogP) is 6.63. The zero-order valence-corrected chi connectivity index (χ0v) is 16.4. The van der Waals surface area contributed by atoms with E-state index in [0.29, 0.717) is 23.1 Å². The van der Waals surface area contributed by atoms with Gasteiger partial charge in [-0.05, 0) is 60.6 Å². The minimum Gasteiger partial charge on any atom is -0.511 e. The lowest BCUT2D eigenvalue weighted by molar-refractivity contribution is -0.117. The molecule has 2 aromatic carbocycles. The third-order valence-corrected chi connectivity index (χ3v) is 6.26. The Balaban J connectivity index is 1.91. The van der Waals surface area contributed by atoms with Crippen LogP contribution in [0.2, 0.25) is 10.0 Å². The molecule has 2 aliphatic rings. The van der Waals surface area contributed by atoms with Gasteiger partial charge >= 0.3 is 0 Å². The molecule has 2 atom stereocenters. The predicted molar refractivity (Wildman–Crippen MR) is 107 cm³/mol. The number of hydrogen-bond acceptors (Lipinski definition) is 2. The number of fused-ring (bicyclic) bond motifs is 2. The summed E-state index contributed by atoms with van der Waals surface area (Å²) in [5, 5.41) is 11.2. The van der Waals surface area contributed by atoms with Crippen molar-refractivity contribution >= 4 is 34.6 Å². The highest BCUT2D eigenvalue weighted by Crippen LogP contribution is 2.46. The zero-order chi connectivity index (χ0) is 19.3. The van der Waals surface area contributed by atoms with Crippen molar-refractivity contribution in [3.63, 3.8) is 0 Å². The molecule has 0 spiro atoms. The van der Waals surface area contributed by atoms with Crippen LogP contribution in [0, 0.1) is 17.7 Å². The molecule has 0 saturated heterocycles. The van der Waals surface area contributed by atoms with Gasteiger partial charge in [0.15, 0.2) is 5.78 Å². The monoisotopic (exact) mass is 404 g/mol. The highest BCUT2D eigenvalue weighted by molar-refractivity contribution is 6.36. The average molecular weight is 405 g/mol. The molecule has 27 heavy (non-hydrogen) atoms. The van der Waals surface area contributed by atoms with E-state index in [1.165, 1.54) is 12.1 Å². The molecule has 5 heteroatoms. The van der Waals surface area contributed by atoms with Crippen molar-refractivity contribution in [2.24, 2.45) is 11.8 Å². The van der Waals surface area contributed by atoms with E-state index in [-0.39, 0.29) is 39.0 Å². The number of ketones is 1. The summed E-state index contributed by atoms with van der Waals surface area (Å²) in [7, 11) is 0. The number of benzene rings is 2. The third kappa shape index (κ3) is 3.07. The second-order valence-corrected chi connectivity index (χ2v) is 8.14. The Morgan fingerprint density at radius 1 is 1.15 bits per heavy atom. The third-order valence-electron chi connectivity index (χ3n) is 5.75. The molecule has 140 valence electrons. The lowest BCUT2D eigenvalue weighted by Crippen LogP contribution is -2.22. The number of aliphatic hydroxyl groups is 1. The molecule has 1 fully saturated rings. The van der Waals surface area contributed by atoms with Crippen LogP contribution >= 0.6 is 23.2 Å². The first-order valence-electron chi connectivity index (χ1n) is 9.16. The lowest BCUT2D eigenvalue weighted by Gasteiger charge is -2.24. The number of aliphatic hydroxyl groups excluding tert-OH is 1. The Hall–Kier alpha value is -1.84. The van der Waals surface area contributed by atoms with Gasteiger partial charge < -0.3 is 5.11 Å². The van der Waals surface area contributed by atoms with Crippen LogP contribution in [0.15, 0.2) is 36.1 Å². The molecule has 2 aromatic rings. The van der Waals surface area contributed by atoms with Crippen LogP contribution in [0.5, 0.6) is 0 Å². The van der Waals surface area contributed by atoms with Crippen molar-refractivity contribution in [1.29, 1.82) is 0 Å². The Bertz CT molecular complexity index is 957. The van der Waals surface area contributed by atoms with Crippen LogP contribution in [0.25, 0.3) is 16.7 Å². The molecular weight excluding hydrogens is 386 g/mol. The Labute approximate surface area is 167 Å². The van der Waals surface area contributed by atoms with Crippen molar-refractivity contribution in [3.8, 4) is 11.1 Å². The van der Waals surface area contributed by atoms with Gasteiger partial charge in [0, 0.05) is 22.4 Å². The molecule has 1 saturated carbocycles. The standard InChI is InChI=1S/C22H19Cl2FO2/c1-2-11-3-4-12(19-17(24)9-15(23)10-18(19)25)8-16(11)20-21(26)13-5-6-14(7-13)22(20)27/h3-4,8-10,13-14,26H,2,5-7H2,1H3. The molecule has 2 bridgehead atoms. The van der Waals surface area contributed by atoms with Crippen molar-refractivity contribution in [2.45, 2.75) is 32.6 Å². The zero-order valence-electron chi connectivity index (χ0n) is 14.9. The second-order valence-electron chi connectivity index (χ2n) is 7.30. The average Bonchev–Trinajstić information content (AvgIpc) is 3.07. The summed E-state index contributed by atoms with van der Waals surface area (Å²) in [4.78, 5) is 13.0. The molecule has 0 amide bonds. The first-order valence-corrected chi connectivity index (χ1v) is 9.91. The fourth-order valence-corrected chi connectivity index (χ4v) is 4.94. The van der Waals surface area contributed by atoms with Gasteiger partial charge in [0.2, 0.25) is 0 Å². The van der Waals surface area contributed by atoms with Gasteiger partial charge in [-0.25, -0.2) is 4.39 Å². The summed E-state index contributed by atoms with van der Waals surface area (Å²) in [6.45, 7) is 1.99. The normalized spacial score (nSPS) is 21.9. The van der Waals surface area contributed by atoms with Crippen molar-refractivity contribution in [1.82, 2.24) is 0 Å². The summed E-state index contributed by atoms with van der Waals surface area (Å²) in [5.74, 6) is -0.313. The van der Waals surface area contributed by atoms with Gasteiger partial charge in [-0.1, -0.05) is 42.3 Å². The molecule has 2 nitrogen and oxygen atoms in total. The molecule has 2 aliphatic carbocycles. The fraction of sp³-hybridized carbons (Fsp3) is 0.318. The number of carbonyl (C=O) groups is 1. The van der Waals surface area contributed by atoms with Gasteiger partial charge in [0.1, 0.15) is 11.6 Å². The first-order chi connectivity index (χ1) is 12.9. The van der Waals surface area contributed by atoms with E-state index >= 15 is 0 Å². The quantitative estimate of drug-likeness (QED) is 0.622. The fourth-order valence-electron chi connectivity index (χ4n) is 4.36. The second kappa shape index (κ2) is 6.96. The minimum atomic E-state index is -0.518. The number of hydrogen-bond donors (Lipinski definition) is 1. The molecule has 0 radical (unpaired) electrons. The van der Waals surface area contributed by atoms with Crippen LogP contribution in [0.3, 0.4) is 0 Å². The molecule has 0 aliphatic heterocycles. The van der Waals surface area contributed by atoms with E-state index in [2.05, 4.69) is 0 Å². The minimum absolute atomic E-state index is 0.00391. The highest BCUT2D eigenvalue weighted by atomic mass is 35.5. The molecule has 4 rings (SSSR count). The van der Waals surface area contributed by atoms with Gasteiger partial charge in [-0.15, -0.1) is 0 Å². The molecular formula is C22H19Cl2FO2. The van der Waals surface area contributed by atoms with E-state index in [1.54, 1.807) is 12.1 Å². The smallest absolute Gasteiger partial charge is 0.169 e. The summed E-state index contributed by atoms with van der Waals surface area (Å²) >= 11 is 12.1. The highest BCUT2D eigenvalue weighted by Gasteiger charge is 2.41. The summed E-state index contributed by atoms with van der Waals surface area (Å²) < 4.78 is 14.5. The SMILES string of the molecule is CCc1ccc(-c2c(F)cc(Cl)cc2Cl)cc1C1=C(O)C2CCC(C2)C1=O. The van der Waals surface area contributed by atoms with Crippen LogP contribution in [-0.4, -0.2) is 10.9 Å². The van der Waals surface area contributed by atoms with Crippen LogP contribution in [0.1, 0.15) is 37.3 Å². The number of carbonyl (C=O) groups excluding carboxylic acids is 1. The Kier molecular flexibility index (Phi) is 4.77. The van der Waals surface area contributed by atoms with Crippen LogP contribution in [0.4, 0.5) is 4.39 Å². The van der Waals surface area contributed by atoms with Crippen molar-refractivity contribution in [3.05, 3.63) is 63.1 Å². The molecule has 0 heterocycles. The maximum Gasteiger partial charge on any atom is 0.169 e. The molecule has 2 unspecified atom stereocenters. The number of rotatable bonds is 3. The first kappa shape index (κ1) is 18.5. The summed E-state index contributed by atoms with van der Waals surface area (Å²) in [5.41, 5.74) is 2.83. The Morgan fingerprint density at radius 2 is 1.89 bits per heavy atom. The van der Waals surface area contributed by atoms with Crippen LogP contribution in [-0.2, 0) is 11.2 Å². The van der Waals surface area contributed by atoms with Crippen LogP contribution < -0.4 is 0 Å². The maximum atomic E-state index is 14.5. The van der Waals surface area contributed by atoms with Gasteiger partial charge in [0.25, 0.3) is 0 Å². The van der Waals surface area contributed by atoms with E-state index in [1.807, 2.05) is 13.0 Å². The molecule has 1 N–H and O–H groups in total. The molecule has 0 aromatic heterocycles. The van der Waals surface area contributed by atoms with Gasteiger partial charge in [0.05, 0.1) is 10.6 Å². The van der Waals surface area contributed by atoms with Crippen molar-refractivity contribution in [2.75, 3.05) is 0 Å². The van der Waals surface area contributed by atoms with E-state index in [4.69, 9.17) is 23.2 Å². The largest absolute Gasteiger partial charge is 0.511 e. The van der Waals surface area contributed by atoms with E-state index in [9.17, 15) is 14.3 Å². The maximum absolute atomic E-state index is 14.5. The number of allylic oxidation sites excluding steroid dienone is 2.